The Morgan fingerprint density at radius 3 is 0.901 bits per heavy atom. The summed E-state index contributed by atoms with van der Waals surface area (Å²) in [5, 5.41) is 0. The van der Waals surface area contributed by atoms with E-state index in [1.807, 2.05) is 0 Å². The number of hydrogen-bond donors (Lipinski definition) is 0. The number of esters is 3. The molecule has 0 saturated heterocycles. The van der Waals surface area contributed by atoms with Crippen molar-refractivity contribution in [2.75, 3.05) is 13.2 Å². The first kappa shape index (κ1) is 68.1. The molecule has 0 heterocycles. The second-order valence-electron chi connectivity index (χ2n) is 20.6. The fourth-order valence-corrected chi connectivity index (χ4v) is 8.90. The maximum atomic E-state index is 12.9. The van der Waals surface area contributed by atoms with Crippen LogP contribution in [0.5, 0.6) is 0 Å². The molecule has 0 aliphatic heterocycles. The minimum atomic E-state index is -0.789. The van der Waals surface area contributed by atoms with Gasteiger partial charge < -0.3 is 14.2 Å². The summed E-state index contributed by atoms with van der Waals surface area (Å²) in [4.78, 5) is 38.2. The van der Waals surface area contributed by atoms with Crippen molar-refractivity contribution in [2.24, 2.45) is 0 Å². The van der Waals surface area contributed by atoms with Crippen LogP contribution >= 0.6 is 0 Å². The Kier molecular flexibility index (Phi) is 57.2. The van der Waals surface area contributed by atoms with Gasteiger partial charge >= 0.3 is 17.9 Å². The third kappa shape index (κ3) is 57.9. The van der Waals surface area contributed by atoms with Gasteiger partial charge in [0.2, 0.25) is 0 Å². The van der Waals surface area contributed by atoms with Crippen LogP contribution in [0.25, 0.3) is 0 Å². The molecule has 0 aromatic rings. The second-order valence-corrected chi connectivity index (χ2v) is 20.6. The van der Waals surface area contributed by atoms with Crippen LogP contribution in [0.1, 0.15) is 316 Å². The normalized spacial score (nSPS) is 12.4. The molecular weight excluding hydrogens is 877 g/mol. The van der Waals surface area contributed by atoms with Crippen LogP contribution in [0.2, 0.25) is 0 Å². The lowest BCUT2D eigenvalue weighted by atomic mass is 10.0. The molecule has 1 atom stereocenters. The number of hydrogen-bond acceptors (Lipinski definition) is 6. The molecule has 0 aromatic heterocycles. The number of unbranched alkanes of at least 4 members (excludes halogenated alkanes) is 35. The summed E-state index contributed by atoms with van der Waals surface area (Å²) >= 11 is 0. The number of carbonyl (C=O) groups is 3. The molecule has 0 bridgehead atoms. The van der Waals surface area contributed by atoms with Crippen molar-refractivity contribution < 1.29 is 28.6 Å². The van der Waals surface area contributed by atoms with Gasteiger partial charge in [0.15, 0.2) is 6.10 Å². The molecule has 0 rings (SSSR count). The molecule has 0 aromatic carbocycles. The first-order valence-corrected chi connectivity index (χ1v) is 30.8. The second kappa shape index (κ2) is 59.7. The fourth-order valence-electron chi connectivity index (χ4n) is 8.90. The largest absolute Gasteiger partial charge is 0.462 e. The van der Waals surface area contributed by atoms with Crippen molar-refractivity contribution in [1.29, 1.82) is 0 Å². The molecule has 0 amide bonds. The lowest BCUT2D eigenvalue weighted by Crippen LogP contribution is -2.30. The Balaban J connectivity index is 4.28. The van der Waals surface area contributed by atoms with E-state index in [0.717, 1.165) is 103 Å². The van der Waals surface area contributed by atoms with Gasteiger partial charge in [0.25, 0.3) is 0 Å². The summed E-state index contributed by atoms with van der Waals surface area (Å²) in [6.07, 6.45) is 75.2. The highest BCUT2D eigenvalue weighted by molar-refractivity contribution is 5.71. The van der Waals surface area contributed by atoms with E-state index in [0.29, 0.717) is 19.3 Å². The Morgan fingerprint density at radius 1 is 0.296 bits per heavy atom. The summed E-state index contributed by atoms with van der Waals surface area (Å²) in [6.45, 7) is 6.51. The van der Waals surface area contributed by atoms with Crippen molar-refractivity contribution in [2.45, 2.75) is 322 Å². The lowest BCUT2D eigenvalue weighted by molar-refractivity contribution is -0.167. The van der Waals surface area contributed by atoms with Crippen LogP contribution in [-0.2, 0) is 28.6 Å². The number of ether oxygens (including phenoxy) is 3. The molecule has 1 unspecified atom stereocenters. The Hall–Kier alpha value is -2.89. The molecule has 71 heavy (non-hydrogen) atoms. The van der Waals surface area contributed by atoms with E-state index >= 15 is 0 Å². The van der Waals surface area contributed by atoms with Gasteiger partial charge in [-0.25, -0.2) is 0 Å². The quantitative estimate of drug-likeness (QED) is 0.0261. The first-order valence-electron chi connectivity index (χ1n) is 30.8. The predicted molar refractivity (Wildman–Crippen MR) is 307 cm³/mol. The summed E-state index contributed by atoms with van der Waals surface area (Å²) in [7, 11) is 0. The van der Waals surface area contributed by atoms with Gasteiger partial charge in [-0.2, -0.15) is 0 Å². The SMILES string of the molecule is CC/C=C\C/C=C\C/C=C\C/C=C\CCCCCCC(=O)OC(COC(=O)CCCCCCC/C=C\CCCCC)COC(=O)CCCCCCCCCCCCCCCCCCCCCCCCCC. The highest BCUT2D eigenvalue weighted by atomic mass is 16.6. The van der Waals surface area contributed by atoms with Crippen molar-refractivity contribution in [3.63, 3.8) is 0 Å². The highest BCUT2D eigenvalue weighted by Crippen LogP contribution is 2.17. The van der Waals surface area contributed by atoms with Gasteiger partial charge in [-0.1, -0.05) is 274 Å². The van der Waals surface area contributed by atoms with E-state index in [2.05, 4.69) is 81.5 Å². The van der Waals surface area contributed by atoms with Crippen LogP contribution in [0.3, 0.4) is 0 Å². The molecule has 0 N–H and O–H groups in total. The molecule has 6 nitrogen and oxygen atoms in total. The van der Waals surface area contributed by atoms with Crippen LogP contribution in [-0.4, -0.2) is 37.2 Å². The summed E-state index contributed by atoms with van der Waals surface area (Å²) < 4.78 is 16.9. The Bertz CT molecular complexity index is 1280. The third-order valence-corrected chi connectivity index (χ3v) is 13.5. The van der Waals surface area contributed by atoms with Gasteiger partial charge in [0, 0.05) is 19.3 Å². The van der Waals surface area contributed by atoms with Crippen LogP contribution in [0, 0.1) is 0 Å². The number of rotatable bonds is 56. The van der Waals surface area contributed by atoms with Crippen LogP contribution in [0.4, 0.5) is 0 Å². The maximum Gasteiger partial charge on any atom is 0.306 e. The molecule has 0 fully saturated rings. The third-order valence-electron chi connectivity index (χ3n) is 13.5. The minimum Gasteiger partial charge on any atom is -0.462 e. The van der Waals surface area contributed by atoms with E-state index in [9.17, 15) is 14.4 Å². The molecule has 0 spiro atoms. The van der Waals surface area contributed by atoms with E-state index < -0.39 is 6.10 Å². The van der Waals surface area contributed by atoms with Crippen LogP contribution < -0.4 is 0 Å². The topological polar surface area (TPSA) is 78.9 Å². The lowest BCUT2D eigenvalue weighted by Gasteiger charge is -2.18. The molecule has 6 heteroatoms. The summed E-state index contributed by atoms with van der Waals surface area (Å²) in [5.41, 5.74) is 0. The molecule has 0 aliphatic rings. The van der Waals surface area contributed by atoms with Gasteiger partial charge in [-0.15, -0.1) is 0 Å². The van der Waals surface area contributed by atoms with E-state index in [1.54, 1.807) is 0 Å². The van der Waals surface area contributed by atoms with Crippen molar-refractivity contribution in [1.82, 2.24) is 0 Å². The van der Waals surface area contributed by atoms with Gasteiger partial charge in [0.05, 0.1) is 0 Å². The zero-order valence-corrected chi connectivity index (χ0v) is 47.2. The average Bonchev–Trinajstić information content (AvgIpc) is 3.37. The predicted octanol–water partition coefficient (Wildman–Crippen LogP) is 20.8. The summed E-state index contributed by atoms with van der Waals surface area (Å²) in [6, 6.07) is 0. The molecule has 0 radical (unpaired) electrons. The van der Waals surface area contributed by atoms with Gasteiger partial charge in [-0.05, 0) is 83.5 Å². The molecular formula is C65H116O6. The fraction of sp³-hybridized carbons (Fsp3) is 0.800. The molecule has 0 saturated carbocycles. The standard InChI is InChI=1S/C65H116O6/c1-4-7-10-13-16-19-22-25-27-29-30-31-32-33-34-35-37-38-40-43-46-49-52-55-58-64(67)70-61-62(60-69-63(66)57-54-51-48-45-42-24-21-18-15-12-9-6-3)71-65(68)59-56-53-50-47-44-41-39-36-28-26-23-20-17-14-11-8-5-2/h8,11,17-18,20-21,26,28,39,41,62H,4-7,9-10,12-16,19,22-25,27,29-38,40,42-61H2,1-3H3/b11-8-,20-17-,21-18-,28-26-,41-39-. The summed E-state index contributed by atoms with van der Waals surface area (Å²) in [5.74, 6) is -0.904. The zero-order chi connectivity index (χ0) is 51.4. The average molecular weight is 994 g/mol. The van der Waals surface area contributed by atoms with E-state index in [-0.39, 0.29) is 31.1 Å². The van der Waals surface area contributed by atoms with Crippen molar-refractivity contribution in [3.8, 4) is 0 Å². The van der Waals surface area contributed by atoms with E-state index in [4.69, 9.17) is 14.2 Å². The Labute approximate surface area is 440 Å². The van der Waals surface area contributed by atoms with Crippen molar-refractivity contribution in [3.05, 3.63) is 60.8 Å². The Morgan fingerprint density at radius 2 is 0.549 bits per heavy atom. The number of allylic oxidation sites excluding steroid dienone is 10. The van der Waals surface area contributed by atoms with Crippen LogP contribution in [0.15, 0.2) is 60.8 Å². The smallest absolute Gasteiger partial charge is 0.306 e. The molecule has 412 valence electrons. The first-order chi connectivity index (χ1) is 35.0. The monoisotopic (exact) mass is 993 g/mol. The van der Waals surface area contributed by atoms with Gasteiger partial charge in [-0.3, -0.25) is 14.4 Å². The maximum absolute atomic E-state index is 12.9. The number of carbonyl (C=O) groups excluding carboxylic acids is 3. The highest BCUT2D eigenvalue weighted by Gasteiger charge is 2.19. The minimum absolute atomic E-state index is 0.0842. The zero-order valence-electron chi connectivity index (χ0n) is 47.2. The molecule has 0 aliphatic carbocycles. The van der Waals surface area contributed by atoms with Crippen molar-refractivity contribution >= 4 is 17.9 Å². The van der Waals surface area contributed by atoms with Gasteiger partial charge in [0.1, 0.15) is 13.2 Å². The van der Waals surface area contributed by atoms with E-state index in [1.165, 1.54) is 173 Å².